The monoisotopic (exact) mass is 299 g/mol. The van der Waals surface area contributed by atoms with Gasteiger partial charge in [0.2, 0.25) is 0 Å². The molecule has 1 fully saturated rings. The minimum Gasteiger partial charge on any atom is -0.296 e. The molecule has 1 aromatic rings. The summed E-state index contributed by atoms with van der Waals surface area (Å²) >= 11 is 3.73. The number of aromatic nitrogens is 2. The summed E-state index contributed by atoms with van der Waals surface area (Å²) in [4.78, 5) is 3.20. The van der Waals surface area contributed by atoms with Crippen molar-refractivity contribution in [3.8, 4) is 0 Å². The summed E-state index contributed by atoms with van der Waals surface area (Å²) in [7, 11) is 0. The highest BCUT2D eigenvalue weighted by molar-refractivity contribution is 9.09. The normalized spacial score (nSPS) is 21.9. The molecule has 1 aliphatic heterocycles. The molecule has 4 heteroatoms. The maximum Gasteiger partial charge on any atom is 0.0625 e. The molecule has 0 saturated carbocycles. The van der Waals surface area contributed by atoms with Gasteiger partial charge >= 0.3 is 0 Å². The molecule has 0 aliphatic carbocycles. The van der Waals surface area contributed by atoms with Gasteiger partial charge in [-0.05, 0) is 38.8 Å². The number of likely N-dealkylation sites (tertiary alicyclic amines) is 1. The maximum atomic E-state index is 4.61. The SMILES string of the molecule is CCc1cc(CN2CCCC(Br)C2)n(CC)n1. The van der Waals surface area contributed by atoms with Gasteiger partial charge in [0, 0.05) is 24.5 Å². The van der Waals surface area contributed by atoms with E-state index in [-0.39, 0.29) is 0 Å². The molecular weight excluding hydrogens is 278 g/mol. The van der Waals surface area contributed by atoms with Gasteiger partial charge in [-0.1, -0.05) is 22.9 Å². The molecular formula is C13H22BrN3. The molecule has 0 aromatic carbocycles. The Morgan fingerprint density at radius 2 is 2.29 bits per heavy atom. The van der Waals surface area contributed by atoms with E-state index in [1.54, 1.807) is 0 Å². The van der Waals surface area contributed by atoms with Crippen LogP contribution in [0.5, 0.6) is 0 Å². The van der Waals surface area contributed by atoms with Gasteiger partial charge in [0.1, 0.15) is 0 Å². The first-order valence-electron chi connectivity index (χ1n) is 6.65. The highest BCUT2D eigenvalue weighted by Gasteiger charge is 2.19. The number of piperidine rings is 1. The first-order chi connectivity index (χ1) is 8.22. The van der Waals surface area contributed by atoms with E-state index in [1.807, 2.05) is 0 Å². The summed E-state index contributed by atoms with van der Waals surface area (Å²) in [6.07, 6.45) is 3.64. The second-order valence-corrected chi connectivity index (χ2v) is 6.07. The quantitative estimate of drug-likeness (QED) is 0.797. The van der Waals surface area contributed by atoms with Crippen LogP contribution >= 0.6 is 15.9 Å². The van der Waals surface area contributed by atoms with Crippen molar-refractivity contribution < 1.29 is 0 Å². The molecule has 2 heterocycles. The number of nitrogens with zero attached hydrogens (tertiary/aromatic N) is 3. The zero-order valence-corrected chi connectivity index (χ0v) is 12.4. The van der Waals surface area contributed by atoms with Crippen molar-refractivity contribution >= 4 is 15.9 Å². The smallest absolute Gasteiger partial charge is 0.0625 e. The van der Waals surface area contributed by atoms with Crippen LogP contribution in [0.25, 0.3) is 0 Å². The number of hydrogen-bond acceptors (Lipinski definition) is 2. The van der Waals surface area contributed by atoms with E-state index in [9.17, 15) is 0 Å². The molecule has 2 rings (SSSR count). The summed E-state index contributed by atoms with van der Waals surface area (Å²) in [5.74, 6) is 0. The predicted molar refractivity (Wildman–Crippen MR) is 74.5 cm³/mol. The lowest BCUT2D eigenvalue weighted by molar-refractivity contribution is 0.221. The lowest BCUT2D eigenvalue weighted by Crippen LogP contribution is -2.35. The van der Waals surface area contributed by atoms with Crippen molar-refractivity contribution in [3.63, 3.8) is 0 Å². The first-order valence-corrected chi connectivity index (χ1v) is 7.56. The zero-order chi connectivity index (χ0) is 12.3. The Balaban J connectivity index is 2.03. The van der Waals surface area contributed by atoms with Crippen molar-refractivity contribution in [1.82, 2.24) is 14.7 Å². The zero-order valence-electron chi connectivity index (χ0n) is 10.8. The molecule has 1 unspecified atom stereocenters. The van der Waals surface area contributed by atoms with Crippen LogP contribution in [0.1, 0.15) is 38.1 Å². The van der Waals surface area contributed by atoms with Gasteiger partial charge in [-0.25, -0.2) is 0 Å². The number of halogens is 1. The standard InChI is InChI=1S/C13H22BrN3/c1-3-12-8-13(17(4-2)15-12)10-16-7-5-6-11(14)9-16/h8,11H,3-7,9-10H2,1-2H3. The molecule has 1 aliphatic rings. The van der Waals surface area contributed by atoms with Crippen molar-refractivity contribution in [3.05, 3.63) is 17.5 Å². The Morgan fingerprint density at radius 1 is 1.47 bits per heavy atom. The van der Waals surface area contributed by atoms with Crippen molar-refractivity contribution in [2.24, 2.45) is 0 Å². The lowest BCUT2D eigenvalue weighted by Gasteiger charge is -2.29. The van der Waals surface area contributed by atoms with E-state index in [0.717, 1.165) is 26.1 Å². The Hall–Kier alpha value is -0.350. The summed E-state index contributed by atoms with van der Waals surface area (Å²) in [6, 6.07) is 2.27. The topological polar surface area (TPSA) is 21.1 Å². The van der Waals surface area contributed by atoms with Gasteiger partial charge in [0.05, 0.1) is 11.4 Å². The first kappa shape index (κ1) is 13.1. The Kier molecular flexibility index (Phi) is 4.62. The highest BCUT2D eigenvalue weighted by Crippen LogP contribution is 2.19. The molecule has 1 aromatic heterocycles. The van der Waals surface area contributed by atoms with Gasteiger partial charge in [-0.3, -0.25) is 9.58 Å². The second-order valence-electron chi connectivity index (χ2n) is 4.77. The van der Waals surface area contributed by atoms with Gasteiger partial charge in [-0.2, -0.15) is 5.10 Å². The molecule has 0 N–H and O–H groups in total. The third-order valence-corrected chi connectivity index (χ3v) is 4.16. The van der Waals surface area contributed by atoms with Crippen LogP contribution in [0.15, 0.2) is 6.07 Å². The molecule has 0 radical (unpaired) electrons. The van der Waals surface area contributed by atoms with Gasteiger partial charge in [-0.15, -0.1) is 0 Å². The summed E-state index contributed by atoms with van der Waals surface area (Å²) in [5, 5.41) is 4.61. The average molecular weight is 300 g/mol. The third kappa shape index (κ3) is 3.32. The molecule has 0 amide bonds. The fraction of sp³-hybridized carbons (Fsp3) is 0.769. The van der Waals surface area contributed by atoms with Gasteiger partial charge in [0.25, 0.3) is 0 Å². The number of rotatable bonds is 4. The minimum atomic E-state index is 0.667. The van der Waals surface area contributed by atoms with Crippen molar-refractivity contribution in [1.29, 1.82) is 0 Å². The van der Waals surface area contributed by atoms with E-state index in [1.165, 1.54) is 30.8 Å². The van der Waals surface area contributed by atoms with Crippen molar-refractivity contribution in [2.45, 2.75) is 51.0 Å². The Bertz CT molecular complexity index is 362. The summed E-state index contributed by atoms with van der Waals surface area (Å²) in [5.41, 5.74) is 2.58. The van der Waals surface area contributed by atoms with Crippen LogP contribution in [-0.4, -0.2) is 32.6 Å². The lowest BCUT2D eigenvalue weighted by atomic mass is 10.1. The maximum absolute atomic E-state index is 4.61. The third-order valence-electron chi connectivity index (χ3n) is 3.41. The van der Waals surface area contributed by atoms with E-state index < -0.39 is 0 Å². The number of alkyl halides is 1. The minimum absolute atomic E-state index is 0.667. The molecule has 1 atom stereocenters. The highest BCUT2D eigenvalue weighted by atomic mass is 79.9. The van der Waals surface area contributed by atoms with Crippen LogP contribution in [0, 0.1) is 0 Å². The Labute approximate surface area is 112 Å². The molecule has 96 valence electrons. The second kappa shape index (κ2) is 6.01. The predicted octanol–water partition coefficient (Wildman–Crippen LogP) is 2.82. The van der Waals surface area contributed by atoms with Crippen LogP contribution in [0.2, 0.25) is 0 Å². The largest absolute Gasteiger partial charge is 0.296 e. The molecule has 1 saturated heterocycles. The molecule has 0 spiro atoms. The van der Waals surface area contributed by atoms with E-state index in [2.05, 4.69) is 50.5 Å². The van der Waals surface area contributed by atoms with E-state index in [0.29, 0.717) is 4.83 Å². The van der Waals surface area contributed by atoms with Crippen molar-refractivity contribution in [2.75, 3.05) is 13.1 Å². The fourth-order valence-electron chi connectivity index (χ4n) is 2.46. The average Bonchev–Trinajstić information content (AvgIpc) is 2.71. The number of aryl methyl sites for hydroxylation is 2. The van der Waals surface area contributed by atoms with Crippen LogP contribution in [0.4, 0.5) is 0 Å². The summed E-state index contributed by atoms with van der Waals surface area (Å²) in [6.45, 7) is 8.74. The van der Waals surface area contributed by atoms with E-state index >= 15 is 0 Å². The molecule has 0 bridgehead atoms. The van der Waals surface area contributed by atoms with Gasteiger partial charge in [0.15, 0.2) is 0 Å². The Morgan fingerprint density at radius 3 is 2.94 bits per heavy atom. The molecule has 3 nitrogen and oxygen atoms in total. The summed E-state index contributed by atoms with van der Waals surface area (Å²) < 4.78 is 2.15. The van der Waals surface area contributed by atoms with Crippen LogP contribution in [0.3, 0.4) is 0 Å². The fourth-order valence-corrected chi connectivity index (χ4v) is 3.19. The molecule has 17 heavy (non-hydrogen) atoms. The number of hydrogen-bond donors (Lipinski definition) is 0. The van der Waals surface area contributed by atoms with Crippen LogP contribution < -0.4 is 0 Å². The van der Waals surface area contributed by atoms with Gasteiger partial charge < -0.3 is 0 Å². The van der Waals surface area contributed by atoms with E-state index in [4.69, 9.17) is 0 Å². The van der Waals surface area contributed by atoms with Crippen LogP contribution in [-0.2, 0) is 19.5 Å².